The summed E-state index contributed by atoms with van der Waals surface area (Å²) in [5, 5.41) is 5.03. The van der Waals surface area contributed by atoms with Crippen LogP contribution in [0.4, 0.5) is 13.2 Å². The highest BCUT2D eigenvalue weighted by molar-refractivity contribution is 5.98. The molecule has 1 fully saturated rings. The first-order chi connectivity index (χ1) is 12.3. The van der Waals surface area contributed by atoms with E-state index < -0.39 is 35.4 Å². The molecule has 0 bridgehead atoms. The molecule has 0 aromatic carbocycles. The van der Waals surface area contributed by atoms with Crippen LogP contribution in [0.2, 0.25) is 0 Å². The van der Waals surface area contributed by atoms with Crippen LogP contribution < -0.4 is 15.4 Å². The number of pyridine rings is 1. The molecule has 2 aromatic rings. The number of rotatable bonds is 3. The second kappa shape index (κ2) is 6.85. The summed E-state index contributed by atoms with van der Waals surface area (Å²) >= 11 is 0. The molecule has 1 atom stereocenters. The quantitative estimate of drug-likeness (QED) is 0.862. The first-order valence-corrected chi connectivity index (χ1v) is 8.03. The number of hydrogen-bond donors (Lipinski definition) is 2. The minimum absolute atomic E-state index is 0.101. The molecular weight excluding hydrogens is 353 g/mol. The molecule has 7 nitrogen and oxygen atoms in total. The molecule has 140 valence electrons. The fraction of sp³-hybridized carbons (Fsp3) is 0.438. The van der Waals surface area contributed by atoms with Gasteiger partial charge in [0.05, 0.1) is 7.11 Å². The molecule has 0 radical (unpaired) electrons. The van der Waals surface area contributed by atoms with Gasteiger partial charge < -0.3 is 15.4 Å². The lowest BCUT2D eigenvalue weighted by Crippen LogP contribution is -2.46. The van der Waals surface area contributed by atoms with E-state index in [0.29, 0.717) is 19.4 Å². The van der Waals surface area contributed by atoms with Gasteiger partial charge in [-0.1, -0.05) is 0 Å². The van der Waals surface area contributed by atoms with E-state index in [1.807, 2.05) is 0 Å². The highest BCUT2D eigenvalue weighted by Gasteiger charge is 2.41. The third-order valence-corrected chi connectivity index (χ3v) is 4.16. The lowest BCUT2D eigenvalue weighted by Gasteiger charge is -2.16. The zero-order chi connectivity index (χ0) is 18.9. The van der Waals surface area contributed by atoms with Crippen molar-refractivity contribution < 1.29 is 27.5 Å². The molecule has 0 spiro atoms. The van der Waals surface area contributed by atoms with Crippen molar-refractivity contribution in [1.29, 1.82) is 0 Å². The van der Waals surface area contributed by atoms with Crippen LogP contribution in [0.25, 0.3) is 5.65 Å². The van der Waals surface area contributed by atoms with E-state index in [1.54, 1.807) is 0 Å². The van der Waals surface area contributed by atoms with Crippen molar-refractivity contribution in [3.8, 4) is 5.75 Å². The van der Waals surface area contributed by atoms with Crippen LogP contribution in [-0.2, 0) is 11.0 Å². The van der Waals surface area contributed by atoms with Gasteiger partial charge in [-0.05, 0) is 31.4 Å². The molecule has 1 aliphatic rings. The topological polar surface area (TPSA) is 84.7 Å². The fourth-order valence-electron chi connectivity index (χ4n) is 2.92. The van der Waals surface area contributed by atoms with Gasteiger partial charge in [-0.15, -0.1) is 0 Å². The maximum Gasteiger partial charge on any atom is 0.435 e. The lowest BCUT2D eigenvalue weighted by molar-refractivity contribution is -0.141. The van der Waals surface area contributed by atoms with E-state index in [9.17, 15) is 22.8 Å². The van der Waals surface area contributed by atoms with Gasteiger partial charge in [-0.3, -0.25) is 14.0 Å². The van der Waals surface area contributed by atoms with Crippen LogP contribution in [0, 0.1) is 0 Å². The van der Waals surface area contributed by atoms with Gasteiger partial charge in [0.2, 0.25) is 5.91 Å². The average molecular weight is 370 g/mol. The second-order valence-electron chi connectivity index (χ2n) is 5.89. The number of amides is 2. The Kier molecular flexibility index (Phi) is 4.75. The summed E-state index contributed by atoms with van der Waals surface area (Å²) in [4.78, 5) is 28.2. The van der Waals surface area contributed by atoms with Gasteiger partial charge in [0.15, 0.2) is 17.1 Å². The number of methoxy groups -OCH3 is 1. The van der Waals surface area contributed by atoms with Crippen molar-refractivity contribution in [2.75, 3.05) is 13.7 Å². The van der Waals surface area contributed by atoms with Crippen LogP contribution in [0.1, 0.15) is 35.4 Å². The number of hydrogen-bond acceptors (Lipinski definition) is 4. The molecular formula is C16H17F3N4O3. The predicted octanol–water partition coefficient (Wildman–Crippen LogP) is 1.76. The summed E-state index contributed by atoms with van der Waals surface area (Å²) in [7, 11) is 1.30. The van der Waals surface area contributed by atoms with Crippen molar-refractivity contribution >= 4 is 17.5 Å². The third kappa shape index (κ3) is 3.31. The zero-order valence-electron chi connectivity index (χ0n) is 13.9. The smallest absolute Gasteiger partial charge is 0.435 e. The lowest BCUT2D eigenvalue weighted by atomic mass is 10.1. The Morgan fingerprint density at radius 3 is 2.88 bits per heavy atom. The average Bonchev–Trinajstić information content (AvgIpc) is 2.89. The van der Waals surface area contributed by atoms with Crippen molar-refractivity contribution in [2.24, 2.45) is 0 Å². The van der Waals surface area contributed by atoms with Crippen molar-refractivity contribution in [3.05, 3.63) is 29.7 Å². The number of imidazole rings is 1. The molecule has 2 N–H and O–H groups in total. The Hall–Kier alpha value is -2.78. The van der Waals surface area contributed by atoms with Gasteiger partial charge in [0, 0.05) is 12.7 Å². The minimum atomic E-state index is -4.84. The monoisotopic (exact) mass is 370 g/mol. The van der Waals surface area contributed by atoms with Gasteiger partial charge >= 0.3 is 6.18 Å². The molecule has 0 saturated carbocycles. The first-order valence-electron chi connectivity index (χ1n) is 8.03. The second-order valence-corrected chi connectivity index (χ2v) is 5.89. The number of ether oxygens (including phenoxy) is 1. The molecule has 2 aromatic heterocycles. The van der Waals surface area contributed by atoms with E-state index in [1.165, 1.54) is 25.4 Å². The molecule has 10 heteroatoms. The van der Waals surface area contributed by atoms with Crippen molar-refractivity contribution in [3.63, 3.8) is 0 Å². The molecule has 3 heterocycles. The van der Waals surface area contributed by atoms with E-state index in [2.05, 4.69) is 15.6 Å². The summed E-state index contributed by atoms with van der Waals surface area (Å²) in [6.07, 6.45) is -1.76. The highest BCUT2D eigenvalue weighted by Crippen LogP contribution is 2.34. The Labute approximate surface area is 146 Å². The standard InChI is InChI=1S/C16H17F3N4O3/c1-26-10-6-4-8-23-11(12(16(17,18)19)22-13(10)23)15(25)21-9-5-2-3-7-20-14(9)24/h4,6,8-9H,2-3,5,7H2,1H3,(H,20,24)(H,21,25). The van der Waals surface area contributed by atoms with Crippen LogP contribution in [0.3, 0.4) is 0 Å². The Morgan fingerprint density at radius 2 is 2.19 bits per heavy atom. The third-order valence-electron chi connectivity index (χ3n) is 4.16. The molecule has 0 aliphatic carbocycles. The first kappa shape index (κ1) is 18.0. The Balaban J connectivity index is 2.04. The molecule has 2 amide bonds. The number of aromatic nitrogens is 2. The summed E-state index contributed by atoms with van der Waals surface area (Å²) in [6, 6.07) is 2.01. The molecule has 3 rings (SSSR count). The summed E-state index contributed by atoms with van der Waals surface area (Å²) in [5.41, 5.74) is -2.13. The largest absolute Gasteiger partial charge is 0.493 e. The normalized spacial score (nSPS) is 18.3. The summed E-state index contributed by atoms with van der Waals surface area (Å²) < 4.78 is 46.3. The predicted molar refractivity (Wildman–Crippen MR) is 84.9 cm³/mol. The molecule has 26 heavy (non-hydrogen) atoms. The van der Waals surface area contributed by atoms with Crippen molar-refractivity contribution in [2.45, 2.75) is 31.5 Å². The highest BCUT2D eigenvalue weighted by atomic mass is 19.4. The number of alkyl halides is 3. The van der Waals surface area contributed by atoms with Crippen LogP contribution in [0.5, 0.6) is 5.75 Å². The number of carbonyl (C=O) groups excluding carboxylic acids is 2. The maximum absolute atomic E-state index is 13.4. The maximum atomic E-state index is 13.4. The summed E-state index contributed by atoms with van der Waals surface area (Å²) in [6.45, 7) is 0.478. The Morgan fingerprint density at radius 1 is 1.42 bits per heavy atom. The SMILES string of the molecule is COc1cccn2c(C(=O)NC3CCCCNC3=O)c(C(F)(F)F)nc12. The van der Waals surface area contributed by atoms with Crippen LogP contribution >= 0.6 is 0 Å². The number of nitrogens with zero attached hydrogens (tertiary/aromatic N) is 2. The molecule has 1 unspecified atom stereocenters. The number of fused-ring (bicyclic) bond motifs is 1. The molecule has 1 saturated heterocycles. The van der Waals surface area contributed by atoms with Gasteiger partial charge in [-0.25, -0.2) is 4.98 Å². The van der Waals surface area contributed by atoms with Crippen LogP contribution in [0.15, 0.2) is 18.3 Å². The van der Waals surface area contributed by atoms with E-state index >= 15 is 0 Å². The zero-order valence-corrected chi connectivity index (χ0v) is 13.9. The Bertz CT molecular complexity index is 847. The van der Waals surface area contributed by atoms with Crippen molar-refractivity contribution in [1.82, 2.24) is 20.0 Å². The van der Waals surface area contributed by atoms with Crippen LogP contribution in [-0.4, -0.2) is 40.9 Å². The van der Waals surface area contributed by atoms with E-state index in [-0.39, 0.29) is 11.4 Å². The minimum Gasteiger partial charge on any atom is -0.493 e. The number of nitrogens with one attached hydrogen (secondary N) is 2. The number of halogens is 3. The summed E-state index contributed by atoms with van der Waals surface area (Å²) in [5.74, 6) is -1.32. The number of carbonyl (C=O) groups is 2. The van der Waals surface area contributed by atoms with Gasteiger partial charge in [0.1, 0.15) is 11.7 Å². The van der Waals surface area contributed by atoms with Gasteiger partial charge in [-0.2, -0.15) is 13.2 Å². The fourth-order valence-corrected chi connectivity index (χ4v) is 2.92. The molecule has 1 aliphatic heterocycles. The van der Waals surface area contributed by atoms with E-state index in [4.69, 9.17) is 4.74 Å². The van der Waals surface area contributed by atoms with E-state index in [0.717, 1.165) is 10.8 Å². The van der Waals surface area contributed by atoms with Gasteiger partial charge in [0.25, 0.3) is 5.91 Å².